The Bertz CT molecular complexity index is 640. The van der Waals surface area contributed by atoms with Crippen LogP contribution in [0.25, 0.3) is 0 Å². The number of benzene rings is 1. The SMILES string of the molecule is CCC1C2CCC(=O)C=C2N(Cc2ccc(F)c(F)c2)C1CC. The van der Waals surface area contributed by atoms with Gasteiger partial charge in [-0.15, -0.1) is 0 Å². The van der Waals surface area contributed by atoms with Crippen LogP contribution in [0.3, 0.4) is 0 Å². The van der Waals surface area contributed by atoms with Crippen molar-refractivity contribution in [2.75, 3.05) is 0 Å². The number of hydrogen-bond acceptors (Lipinski definition) is 2. The quantitative estimate of drug-likeness (QED) is 0.817. The highest BCUT2D eigenvalue weighted by molar-refractivity contribution is 5.91. The van der Waals surface area contributed by atoms with Crippen molar-refractivity contribution in [1.29, 1.82) is 0 Å². The van der Waals surface area contributed by atoms with Gasteiger partial charge in [0.1, 0.15) is 0 Å². The first-order chi connectivity index (χ1) is 11.0. The molecular formula is C19H23F2NO. The molecule has 124 valence electrons. The molecule has 1 aromatic rings. The number of carbonyl (C=O) groups is 1. The molecule has 1 aromatic carbocycles. The van der Waals surface area contributed by atoms with Crippen LogP contribution < -0.4 is 0 Å². The molecule has 0 spiro atoms. The molecular weight excluding hydrogens is 296 g/mol. The number of carbonyl (C=O) groups excluding carboxylic acids is 1. The maximum absolute atomic E-state index is 13.5. The van der Waals surface area contributed by atoms with Gasteiger partial charge in [-0.25, -0.2) is 8.78 Å². The van der Waals surface area contributed by atoms with E-state index in [0.29, 0.717) is 30.8 Å². The van der Waals surface area contributed by atoms with Crippen molar-refractivity contribution in [3.05, 3.63) is 47.2 Å². The number of halogens is 2. The third kappa shape index (κ3) is 2.91. The average molecular weight is 319 g/mol. The third-order valence-corrected chi connectivity index (χ3v) is 5.36. The van der Waals surface area contributed by atoms with Crippen LogP contribution in [0.15, 0.2) is 30.0 Å². The van der Waals surface area contributed by atoms with E-state index in [1.54, 1.807) is 12.1 Å². The van der Waals surface area contributed by atoms with Gasteiger partial charge < -0.3 is 4.90 Å². The fourth-order valence-electron chi connectivity index (χ4n) is 4.33. The molecule has 0 N–H and O–H groups in total. The van der Waals surface area contributed by atoms with E-state index in [1.165, 1.54) is 12.1 Å². The maximum Gasteiger partial charge on any atom is 0.159 e. The van der Waals surface area contributed by atoms with Crippen molar-refractivity contribution in [1.82, 2.24) is 4.90 Å². The molecule has 1 saturated heterocycles. The van der Waals surface area contributed by atoms with Crippen molar-refractivity contribution in [3.8, 4) is 0 Å². The highest BCUT2D eigenvalue weighted by atomic mass is 19.2. The molecule has 4 heteroatoms. The second-order valence-electron chi connectivity index (χ2n) is 6.60. The summed E-state index contributed by atoms with van der Waals surface area (Å²) in [5.41, 5.74) is 1.85. The monoisotopic (exact) mass is 319 g/mol. The first kappa shape index (κ1) is 16.2. The van der Waals surface area contributed by atoms with E-state index < -0.39 is 11.6 Å². The zero-order valence-electron chi connectivity index (χ0n) is 13.7. The Kier molecular flexibility index (Phi) is 4.51. The van der Waals surface area contributed by atoms with Crippen molar-refractivity contribution in [2.45, 2.75) is 52.1 Å². The summed E-state index contributed by atoms with van der Waals surface area (Å²) in [6.07, 6.45) is 5.38. The summed E-state index contributed by atoms with van der Waals surface area (Å²) in [5, 5.41) is 0. The van der Waals surface area contributed by atoms with Gasteiger partial charge in [-0.05, 0) is 36.5 Å². The minimum absolute atomic E-state index is 0.179. The predicted molar refractivity (Wildman–Crippen MR) is 85.6 cm³/mol. The highest BCUT2D eigenvalue weighted by Gasteiger charge is 2.44. The van der Waals surface area contributed by atoms with Crippen molar-refractivity contribution < 1.29 is 13.6 Å². The Labute approximate surface area is 136 Å². The number of likely N-dealkylation sites (tertiary alicyclic amines) is 1. The fourth-order valence-corrected chi connectivity index (χ4v) is 4.33. The molecule has 3 unspecified atom stereocenters. The Morgan fingerprint density at radius 3 is 2.61 bits per heavy atom. The lowest BCUT2D eigenvalue weighted by molar-refractivity contribution is -0.115. The van der Waals surface area contributed by atoms with Crippen LogP contribution in [-0.4, -0.2) is 16.7 Å². The molecule has 1 fully saturated rings. The van der Waals surface area contributed by atoms with Gasteiger partial charge in [-0.1, -0.05) is 26.3 Å². The zero-order chi connectivity index (χ0) is 16.6. The number of fused-ring (bicyclic) bond motifs is 1. The molecule has 1 heterocycles. The second kappa shape index (κ2) is 6.42. The van der Waals surface area contributed by atoms with Crippen LogP contribution in [-0.2, 0) is 11.3 Å². The lowest BCUT2D eigenvalue weighted by Crippen LogP contribution is -2.31. The van der Waals surface area contributed by atoms with Crippen LogP contribution >= 0.6 is 0 Å². The van der Waals surface area contributed by atoms with Crippen LogP contribution in [0.1, 0.15) is 45.1 Å². The number of hydrogen-bond donors (Lipinski definition) is 0. The molecule has 0 saturated carbocycles. The Morgan fingerprint density at radius 1 is 1.17 bits per heavy atom. The van der Waals surface area contributed by atoms with Crippen LogP contribution in [0, 0.1) is 23.5 Å². The summed E-state index contributed by atoms with van der Waals surface area (Å²) in [5.74, 6) is -0.499. The molecule has 3 rings (SSSR count). The Morgan fingerprint density at radius 2 is 1.96 bits per heavy atom. The minimum Gasteiger partial charge on any atom is -0.367 e. The zero-order valence-corrected chi connectivity index (χ0v) is 13.7. The van der Waals surface area contributed by atoms with Crippen LogP contribution in [0.2, 0.25) is 0 Å². The fraction of sp³-hybridized carbons (Fsp3) is 0.526. The Hall–Kier alpha value is -1.71. The molecule has 0 bridgehead atoms. The third-order valence-electron chi connectivity index (χ3n) is 5.36. The first-order valence-electron chi connectivity index (χ1n) is 8.50. The predicted octanol–water partition coefficient (Wildman–Crippen LogP) is 4.45. The first-order valence-corrected chi connectivity index (χ1v) is 8.50. The number of rotatable bonds is 4. The van der Waals surface area contributed by atoms with E-state index in [9.17, 15) is 13.6 Å². The molecule has 1 aliphatic carbocycles. The minimum atomic E-state index is -0.821. The standard InChI is InChI=1S/C19H23F2NO/c1-3-14-15-7-6-13(23)10-19(15)22(18(14)4-2)11-12-5-8-16(20)17(21)9-12/h5,8-10,14-15,18H,3-4,6-7,11H2,1-2H3. The van der Waals surface area contributed by atoms with Crippen molar-refractivity contribution in [2.24, 2.45) is 11.8 Å². The summed E-state index contributed by atoms with van der Waals surface area (Å²) >= 11 is 0. The molecule has 0 aromatic heterocycles. The van der Waals surface area contributed by atoms with Gasteiger partial charge in [0.05, 0.1) is 0 Å². The van der Waals surface area contributed by atoms with Crippen LogP contribution in [0.5, 0.6) is 0 Å². The molecule has 0 amide bonds. The molecule has 3 atom stereocenters. The van der Waals surface area contributed by atoms with E-state index in [0.717, 1.165) is 30.5 Å². The van der Waals surface area contributed by atoms with E-state index in [4.69, 9.17) is 0 Å². The van der Waals surface area contributed by atoms with E-state index in [-0.39, 0.29) is 5.78 Å². The highest BCUT2D eigenvalue weighted by Crippen LogP contribution is 2.46. The van der Waals surface area contributed by atoms with Gasteiger partial charge in [0.25, 0.3) is 0 Å². The van der Waals surface area contributed by atoms with Crippen molar-refractivity contribution >= 4 is 5.78 Å². The summed E-state index contributed by atoms with van der Waals surface area (Å²) in [4.78, 5) is 14.1. The largest absolute Gasteiger partial charge is 0.367 e. The maximum atomic E-state index is 13.5. The van der Waals surface area contributed by atoms with Gasteiger partial charge in [0, 0.05) is 36.7 Å². The summed E-state index contributed by atoms with van der Waals surface area (Å²) < 4.78 is 26.7. The van der Waals surface area contributed by atoms with Gasteiger partial charge in [0.15, 0.2) is 17.4 Å². The topological polar surface area (TPSA) is 20.3 Å². The molecule has 2 aliphatic rings. The van der Waals surface area contributed by atoms with Crippen molar-refractivity contribution in [3.63, 3.8) is 0 Å². The number of ketones is 1. The molecule has 2 nitrogen and oxygen atoms in total. The number of allylic oxidation sites excluding steroid dienone is 2. The number of nitrogens with zero attached hydrogens (tertiary/aromatic N) is 1. The summed E-state index contributed by atoms with van der Waals surface area (Å²) in [6, 6.07) is 4.43. The van der Waals surface area contributed by atoms with E-state index >= 15 is 0 Å². The normalized spacial score (nSPS) is 27.1. The summed E-state index contributed by atoms with van der Waals surface area (Å²) in [6.45, 7) is 4.88. The smallest absolute Gasteiger partial charge is 0.159 e. The molecule has 0 radical (unpaired) electrons. The van der Waals surface area contributed by atoms with Crippen LogP contribution in [0.4, 0.5) is 8.78 Å². The van der Waals surface area contributed by atoms with Gasteiger partial charge in [-0.3, -0.25) is 4.79 Å². The van der Waals surface area contributed by atoms with E-state index in [1.807, 2.05) is 0 Å². The molecule has 1 aliphatic heterocycles. The average Bonchev–Trinajstić information content (AvgIpc) is 2.83. The van der Waals surface area contributed by atoms with Gasteiger partial charge in [0.2, 0.25) is 0 Å². The Balaban J connectivity index is 1.93. The van der Waals surface area contributed by atoms with Gasteiger partial charge >= 0.3 is 0 Å². The van der Waals surface area contributed by atoms with E-state index in [2.05, 4.69) is 18.7 Å². The summed E-state index contributed by atoms with van der Waals surface area (Å²) in [7, 11) is 0. The second-order valence-corrected chi connectivity index (χ2v) is 6.60. The molecule has 23 heavy (non-hydrogen) atoms. The lowest BCUT2D eigenvalue weighted by Gasteiger charge is -2.29. The lowest BCUT2D eigenvalue weighted by atomic mass is 9.80. The van der Waals surface area contributed by atoms with Gasteiger partial charge in [-0.2, -0.15) is 0 Å².